The second-order valence-corrected chi connectivity index (χ2v) is 7.14. The number of phenolic OH excluding ortho intramolecular Hbond substituents is 1. The van der Waals surface area contributed by atoms with E-state index in [-0.39, 0.29) is 11.3 Å². The molecule has 1 aromatic carbocycles. The summed E-state index contributed by atoms with van der Waals surface area (Å²) in [5.41, 5.74) is 1.74. The van der Waals surface area contributed by atoms with Gasteiger partial charge in [-0.1, -0.05) is 18.3 Å². The molecule has 0 saturated heterocycles. The third kappa shape index (κ3) is 3.34. The molecule has 0 fully saturated rings. The second-order valence-electron chi connectivity index (χ2n) is 6.13. The van der Waals surface area contributed by atoms with E-state index in [2.05, 4.69) is 9.97 Å². The van der Waals surface area contributed by atoms with Crippen LogP contribution in [0.1, 0.15) is 18.9 Å². The molecule has 1 N–H and O–H groups in total. The normalized spacial score (nSPS) is 12.0. The zero-order valence-corrected chi connectivity index (χ0v) is 15.7. The maximum atomic E-state index is 14.0. The van der Waals surface area contributed by atoms with E-state index in [0.29, 0.717) is 27.4 Å². The van der Waals surface area contributed by atoms with Crippen LogP contribution in [0.2, 0.25) is 0 Å². The van der Waals surface area contributed by atoms with Gasteiger partial charge in [0.2, 0.25) is 0 Å². The quantitative estimate of drug-likeness (QED) is 0.560. The van der Waals surface area contributed by atoms with Crippen LogP contribution in [-0.4, -0.2) is 26.1 Å². The second kappa shape index (κ2) is 7.40. The monoisotopic (exact) mass is 397 g/mol. The summed E-state index contributed by atoms with van der Waals surface area (Å²) in [4.78, 5) is 21.7. The van der Waals surface area contributed by atoms with Gasteiger partial charge < -0.3 is 9.84 Å². The number of imidazole rings is 1. The van der Waals surface area contributed by atoms with Crippen molar-refractivity contribution in [3.05, 3.63) is 69.1 Å². The van der Waals surface area contributed by atoms with Crippen molar-refractivity contribution < 1.29 is 14.2 Å². The van der Waals surface area contributed by atoms with Gasteiger partial charge in [0, 0.05) is 24.2 Å². The van der Waals surface area contributed by atoms with Crippen molar-refractivity contribution >= 4 is 22.4 Å². The molecule has 0 aliphatic carbocycles. The topological polar surface area (TPSA) is 76.7 Å². The number of pyridine rings is 1. The van der Waals surface area contributed by atoms with Crippen LogP contribution >= 0.6 is 11.3 Å². The van der Waals surface area contributed by atoms with Gasteiger partial charge in [-0.3, -0.25) is 14.2 Å². The molecule has 0 radical (unpaired) electrons. The highest BCUT2D eigenvalue weighted by Gasteiger charge is 2.13. The summed E-state index contributed by atoms with van der Waals surface area (Å²) >= 11 is 1.21. The lowest BCUT2D eigenvalue weighted by molar-refractivity contribution is 0.293. The average molecular weight is 397 g/mol. The Bertz CT molecular complexity index is 1250. The van der Waals surface area contributed by atoms with Gasteiger partial charge in [0.1, 0.15) is 0 Å². The van der Waals surface area contributed by atoms with Crippen molar-refractivity contribution in [2.24, 2.45) is 0 Å². The van der Waals surface area contributed by atoms with E-state index in [1.165, 1.54) is 27.9 Å². The molecule has 3 heterocycles. The van der Waals surface area contributed by atoms with Crippen molar-refractivity contribution in [1.29, 1.82) is 0 Å². The highest BCUT2D eigenvalue weighted by molar-refractivity contribution is 7.15. The smallest absolute Gasteiger partial charge is 0.274 e. The van der Waals surface area contributed by atoms with Gasteiger partial charge in [-0.05, 0) is 42.3 Å². The molecule has 0 atom stereocenters. The van der Waals surface area contributed by atoms with E-state index in [1.807, 2.05) is 19.1 Å². The number of ether oxygens (including phenoxy) is 1. The van der Waals surface area contributed by atoms with Gasteiger partial charge >= 0.3 is 0 Å². The van der Waals surface area contributed by atoms with E-state index < -0.39 is 11.6 Å². The van der Waals surface area contributed by atoms with E-state index in [9.17, 15) is 14.3 Å². The van der Waals surface area contributed by atoms with E-state index >= 15 is 0 Å². The minimum absolute atomic E-state index is 0.0573. The lowest BCUT2D eigenvalue weighted by Crippen LogP contribution is -2.22. The molecule has 0 amide bonds. The van der Waals surface area contributed by atoms with Crippen LogP contribution in [-0.2, 0) is 0 Å². The van der Waals surface area contributed by atoms with Gasteiger partial charge in [0.25, 0.3) is 5.56 Å². The molecule has 0 aliphatic heterocycles. The largest absolute Gasteiger partial charge is 0.502 e. The molecule has 6 nitrogen and oxygen atoms in total. The van der Waals surface area contributed by atoms with Gasteiger partial charge in [-0.2, -0.15) is 0 Å². The summed E-state index contributed by atoms with van der Waals surface area (Å²) in [6, 6.07) is 6.32. The van der Waals surface area contributed by atoms with Crippen molar-refractivity contribution in [2.45, 2.75) is 13.3 Å². The Morgan fingerprint density at radius 1 is 1.32 bits per heavy atom. The summed E-state index contributed by atoms with van der Waals surface area (Å²) < 4.78 is 21.3. The van der Waals surface area contributed by atoms with E-state index in [4.69, 9.17) is 4.74 Å². The summed E-state index contributed by atoms with van der Waals surface area (Å²) in [5, 5.41) is 9.80. The first kappa shape index (κ1) is 18.1. The SMILES string of the molecule is CCCOc1cc(C=c2sc3nc(-c4ccncc4)cn3c2=O)cc(F)c1O. The summed E-state index contributed by atoms with van der Waals surface area (Å²) in [5.74, 6) is -1.27. The third-order valence-corrected chi connectivity index (χ3v) is 5.07. The number of rotatable bonds is 5. The highest BCUT2D eigenvalue weighted by Crippen LogP contribution is 2.31. The predicted octanol–water partition coefficient (Wildman–Crippen LogP) is 3.00. The number of hydrogen-bond acceptors (Lipinski definition) is 6. The maximum absolute atomic E-state index is 14.0. The van der Waals surface area contributed by atoms with Crippen molar-refractivity contribution in [3.8, 4) is 22.8 Å². The molecule has 4 rings (SSSR count). The number of nitrogens with zero attached hydrogens (tertiary/aromatic N) is 3. The maximum Gasteiger partial charge on any atom is 0.274 e. The Morgan fingerprint density at radius 3 is 2.82 bits per heavy atom. The molecule has 0 spiro atoms. The first-order valence-corrected chi connectivity index (χ1v) is 9.48. The lowest BCUT2D eigenvalue weighted by Gasteiger charge is -2.08. The molecular formula is C20H16FN3O3S. The van der Waals surface area contributed by atoms with Gasteiger partial charge in [-0.25, -0.2) is 9.37 Å². The van der Waals surface area contributed by atoms with Crippen LogP contribution in [0.25, 0.3) is 22.3 Å². The fourth-order valence-corrected chi connectivity index (χ4v) is 3.70. The van der Waals surface area contributed by atoms with Crippen LogP contribution in [0.15, 0.2) is 47.7 Å². The molecular weight excluding hydrogens is 381 g/mol. The summed E-state index contributed by atoms with van der Waals surface area (Å²) in [6.45, 7) is 2.27. The highest BCUT2D eigenvalue weighted by atomic mass is 32.1. The minimum atomic E-state index is -0.798. The first-order chi connectivity index (χ1) is 13.6. The molecule has 142 valence electrons. The Labute approximate surface area is 163 Å². The number of benzene rings is 1. The van der Waals surface area contributed by atoms with E-state index in [0.717, 1.165) is 12.0 Å². The number of hydrogen-bond donors (Lipinski definition) is 1. The molecule has 8 heteroatoms. The van der Waals surface area contributed by atoms with Crippen molar-refractivity contribution in [1.82, 2.24) is 14.4 Å². The van der Waals surface area contributed by atoms with Gasteiger partial charge in [-0.15, -0.1) is 0 Å². The lowest BCUT2D eigenvalue weighted by atomic mass is 10.2. The molecule has 0 aliphatic rings. The van der Waals surface area contributed by atoms with E-state index in [1.54, 1.807) is 24.7 Å². The van der Waals surface area contributed by atoms with Crippen LogP contribution in [0.4, 0.5) is 4.39 Å². The fraction of sp³-hybridized carbons (Fsp3) is 0.150. The fourth-order valence-electron chi connectivity index (χ4n) is 2.74. The zero-order chi connectivity index (χ0) is 19.7. The number of fused-ring (bicyclic) bond motifs is 1. The van der Waals surface area contributed by atoms with Crippen molar-refractivity contribution in [2.75, 3.05) is 6.61 Å². The van der Waals surface area contributed by atoms with Crippen molar-refractivity contribution in [3.63, 3.8) is 0 Å². The van der Waals surface area contributed by atoms with Crippen LogP contribution in [0.5, 0.6) is 11.5 Å². The number of phenols is 1. The predicted molar refractivity (Wildman–Crippen MR) is 105 cm³/mol. The summed E-state index contributed by atoms with van der Waals surface area (Å²) in [7, 11) is 0. The standard InChI is InChI=1S/C20H16FN3O3S/c1-2-7-27-16-9-12(8-14(21)18(16)25)10-17-19(26)24-11-15(23-20(24)28-17)13-3-5-22-6-4-13/h3-6,8-11,25H,2,7H2,1H3. The molecule has 4 aromatic rings. The third-order valence-electron chi connectivity index (χ3n) is 4.09. The Morgan fingerprint density at radius 2 is 2.11 bits per heavy atom. The Kier molecular flexibility index (Phi) is 4.79. The molecule has 28 heavy (non-hydrogen) atoms. The average Bonchev–Trinajstić information content (AvgIpc) is 3.24. The summed E-state index contributed by atoms with van der Waals surface area (Å²) in [6.07, 6.45) is 7.29. The Balaban J connectivity index is 1.76. The molecule has 3 aromatic heterocycles. The number of aromatic hydroxyl groups is 1. The minimum Gasteiger partial charge on any atom is -0.502 e. The van der Waals surface area contributed by atoms with Gasteiger partial charge in [0.15, 0.2) is 22.3 Å². The zero-order valence-electron chi connectivity index (χ0n) is 14.9. The molecule has 0 saturated carbocycles. The van der Waals surface area contributed by atoms with Crippen LogP contribution in [0, 0.1) is 5.82 Å². The Hall–Kier alpha value is -3.26. The van der Waals surface area contributed by atoms with Crippen LogP contribution < -0.4 is 14.8 Å². The number of aromatic nitrogens is 3. The number of halogens is 1. The number of thiazole rings is 1. The first-order valence-electron chi connectivity index (χ1n) is 8.66. The van der Waals surface area contributed by atoms with Gasteiger partial charge in [0.05, 0.1) is 16.8 Å². The van der Waals surface area contributed by atoms with Crippen LogP contribution in [0.3, 0.4) is 0 Å². The molecule has 0 bridgehead atoms. The molecule has 0 unspecified atom stereocenters.